The van der Waals surface area contributed by atoms with Gasteiger partial charge in [-0.1, -0.05) is 27.2 Å². The van der Waals surface area contributed by atoms with E-state index in [9.17, 15) is 0 Å². The van der Waals surface area contributed by atoms with Gasteiger partial charge in [-0.15, -0.1) is 0 Å². The largest absolute Gasteiger partial charge is 0.371 e. The zero-order valence-electron chi connectivity index (χ0n) is 13.4. The normalized spacial score (nSPS) is 12.7. The van der Waals surface area contributed by atoms with Crippen LogP contribution in [0.5, 0.6) is 0 Å². The Morgan fingerprint density at radius 3 is 2.05 bits per heavy atom. The molecule has 0 saturated heterocycles. The predicted octanol–water partition coefficient (Wildman–Crippen LogP) is 2.98. The van der Waals surface area contributed by atoms with Crippen molar-refractivity contribution >= 4 is 0 Å². The smallest absolute Gasteiger partial charge is 0.157 e. The first-order chi connectivity index (χ1) is 9.71. The Morgan fingerprint density at radius 2 is 1.65 bits per heavy atom. The van der Waals surface area contributed by atoms with Crippen molar-refractivity contribution in [1.29, 1.82) is 0 Å². The Hall–Kier alpha value is -1.00. The number of hydrogen-bond donors (Lipinski definition) is 1. The Kier molecular flexibility index (Phi) is 7.70. The van der Waals surface area contributed by atoms with Gasteiger partial charge in [0, 0.05) is 18.0 Å². The summed E-state index contributed by atoms with van der Waals surface area (Å²) >= 11 is 0. The van der Waals surface area contributed by atoms with Gasteiger partial charge in [-0.3, -0.25) is 0 Å². The van der Waals surface area contributed by atoms with Crippen molar-refractivity contribution in [3.05, 3.63) is 22.8 Å². The first kappa shape index (κ1) is 17.1. The predicted molar refractivity (Wildman–Crippen MR) is 82.8 cm³/mol. The minimum Gasteiger partial charge on any atom is -0.371 e. The monoisotopic (exact) mass is 279 g/mol. The average Bonchev–Trinajstić information content (AvgIpc) is 2.47. The standard InChI is InChI=1S/C16H29N3O/c1-5-9-15(20-8-4)16-18-13(6-2)12(10-11-17)14(7-3)19-16/h15H,5-11,17H2,1-4H3. The summed E-state index contributed by atoms with van der Waals surface area (Å²) < 4.78 is 5.82. The Morgan fingerprint density at radius 1 is 1.05 bits per heavy atom. The van der Waals surface area contributed by atoms with E-state index in [0.717, 1.165) is 49.3 Å². The van der Waals surface area contributed by atoms with Gasteiger partial charge in [0.25, 0.3) is 0 Å². The van der Waals surface area contributed by atoms with Crippen LogP contribution in [-0.4, -0.2) is 23.1 Å². The lowest BCUT2D eigenvalue weighted by atomic mass is 10.0. The maximum atomic E-state index is 5.82. The molecule has 1 atom stereocenters. The topological polar surface area (TPSA) is 61.0 Å². The third-order valence-electron chi connectivity index (χ3n) is 3.47. The van der Waals surface area contributed by atoms with Crippen molar-refractivity contribution in [2.24, 2.45) is 5.73 Å². The minimum atomic E-state index is 0.0209. The van der Waals surface area contributed by atoms with Gasteiger partial charge in [0.2, 0.25) is 0 Å². The van der Waals surface area contributed by atoms with E-state index in [1.54, 1.807) is 0 Å². The number of hydrogen-bond acceptors (Lipinski definition) is 4. The molecular formula is C16H29N3O. The van der Waals surface area contributed by atoms with Gasteiger partial charge < -0.3 is 10.5 Å². The maximum absolute atomic E-state index is 5.82. The number of nitrogens with zero attached hydrogens (tertiary/aromatic N) is 2. The fourth-order valence-corrected chi connectivity index (χ4v) is 2.52. The summed E-state index contributed by atoms with van der Waals surface area (Å²) in [6.07, 6.45) is 4.76. The van der Waals surface area contributed by atoms with Crippen LogP contribution in [0.25, 0.3) is 0 Å². The summed E-state index contributed by atoms with van der Waals surface area (Å²) in [5, 5.41) is 0. The summed E-state index contributed by atoms with van der Waals surface area (Å²) in [5.41, 5.74) is 9.24. The third-order valence-corrected chi connectivity index (χ3v) is 3.47. The van der Waals surface area contributed by atoms with E-state index in [0.29, 0.717) is 13.2 Å². The van der Waals surface area contributed by atoms with Crippen LogP contribution >= 0.6 is 0 Å². The summed E-state index contributed by atoms with van der Waals surface area (Å²) in [7, 11) is 0. The second-order valence-electron chi connectivity index (χ2n) is 4.93. The zero-order valence-corrected chi connectivity index (χ0v) is 13.4. The van der Waals surface area contributed by atoms with Crippen molar-refractivity contribution < 1.29 is 4.74 Å². The lowest BCUT2D eigenvalue weighted by Crippen LogP contribution is -2.16. The van der Waals surface area contributed by atoms with Gasteiger partial charge in [0.15, 0.2) is 5.82 Å². The third kappa shape index (κ3) is 4.25. The average molecular weight is 279 g/mol. The van der Waals surface area contributed by atoms with E-state index < -0.39 is 0 Å². The van der Waals surface area contributed by atoms with Gasteiger partial charge in [-0.25, -0.2) is 9.97 Å². The van der Waals surface area contributed by atoms with Crippen LogP contribution in [0.4, 0.5) is 0 Å². The molecule has 4 heteroatoms. The quantitative estimate of drug-likeness (QED) is 0.755. The van der Waals surface area contributed by atoms with Crippen LogP contribution in [0.2, 0.25) is 0 Å². The molecule has 0 bridgehead atoms. The maximum Gasteiger partial charge on any atom is 0.157 e. The van der Waals surface area contributed by atoms with E-state index in [4.69, 9.17) is 20.4 Å². The second-order valence-corrected chi connectivity index (χ2v) is 4.93. The van der Waals surface area contributed by atoms with Gasteiger partial charge in [-0.05, 0) is 44.7 Å². The molecule has 0 amide bonds. The van der Waals surface area contributed by atoms with Crippen LogP contribution in [-0.2, 0) is 24.0 Å². The second kappa shape index (κ2) is 9.03. The van der Waals surface area contributed by atoms with Crippen LogP contribution in [0.1, 0.15) is 69.4 Å². The lowest BCUT2D eigenvalue weighted by Gasteiger charge is -2.19. The van der Waals surface area contributed by atoms with Gasteiger partial charge in [0.05, 0.1) is 0 Å². The Bertz CT molecular complexity index is 376. The minimum absolute atomic E-state index is 0.0209. The van der Waals surface area contributed by atoms with Gasteiger partial charge >= 0.3 is 0 Å². The van der Waals surface area contributed by atoms with E-state index in [-0.39, 0.29) is 6.10 Å². The highest BCUT2D eigenvalue weighted by Crippen LogP contribution is 2.23. The summed E-state index contributed by atoms with van der Waals surface area (Å²) in [6.45, 7) is 9.80. The molecule has 20 heavy (non-hydrogen) atoms. The number of aryl methyl sites for hydroxylation is 2. The highest BCUT2D eigenvalue weighted by molar-refractivity contribution is 5.27. The van der Waals surface area contributed by atoms with Crippen molar-refractivity contribution in [1.82, 2.24) is 9.97 Å². The van der Waals surface area contributed by atoms with E-state index in [1.165, 1.54) is 5.56 Å². The van der Waals surface area contributed by atoms with Gasteiger partial charge in [0.1, 0.15) is 6.10 Å². The fraction of sp³-hybridized carbons (Fsp3) is 0.750. The van der Waals surface area contributed by atoms with E-state index >= 15 is 0 Å². The van der Waals surface area contributed by atoms with Crippen molar-refractivity contribution in [3.63, 3.8) is 0 Å². The molecule has 0 aromatic carbocycles. The molecule has 1 heterocycles. The molecule has 1 aromatic rings. The molecule has 4 nitrogen and oxygen atoms in total. The molecule has 0 aliphatic rings. The van der Waals surface area contributed by atoms with E-state index in [1.807, 2.05) is 6.92 Å². The number of rotatable bonds is 9. The van der Waals surface area contributed by atoms with Crippen LogP contribution in [0.3, 0.4) is 0 Å². The number of ether oxygens (including phenoxy) is 1. The Balaban J connectivity index is 3.19. The fourth-order valence-electron chi connectivity index (χ4n) is 2.52. The van der Waals surface area contributed by atoms with Crippen LogP contribution in [0.15, 0.2) is 0 Å². The SMILES string of the molecule is CCCC(OCC)c1nc(CC)c(CCN)c(CC)n1. The molecule has 1 rings (SSSR count). The van der Waals surface area contributed by atoms with Crippen LogP contribution in [0, 0.1) is 0 Å². The molecule has 1 aromatic heterocycles. The molecular weight excluding hydrogens is 250 g/mol. The van der Waals surface area contributed by atoms with Crippen molar-refractivity contribution in [3.8, 4) is 0 Å². The molecule has 2 N–H and O–H groups in total. The first-order valence-corrected chi connectivity index (χ1v) is 7.91. The van der Waals surface area contributed by atoms with Crippen LogP contribution < -0.4 is 5.73 Å². The molecule has 0 aliphatic carbocycles. The molecule has 0 saturated carbocycles. The summed E-state index contributed by atoms with van der Waals surface area (Å²) in [4.78, 5) is 9.53. The number of nitrogens with two attached hydrogens (primary N) is 1. The lowest BCUT2D eigenvalue weighted by molar-refractivity contribution is 0.0490. The molecule has 114 valence electrons. The molecule has 0 fully saturated rings. The molecule has 1 unspecified atom stereocenters. The molecule has 0 radical (unpaired) electrons. The summed E-state index contributed by atoms with van der Waals surface area (Å²) in [6, 6.07) is 0. The van der Waals surface area contributed by atoms with Crippen molar-refractivity contribution in [2.45, 2.75) is 65.9 Å². The molecule has 0 aliphatic heterocycles. The first-order valence-electron chi connectivity index (χ1n) is 7.91. The number of aromatic nitrogens is 2. The highest BCUT2D eigenvalue weighted by atomic mass is 16.5. The zero-order chi connectivity index (χ0) is 15.0. The Labute approximate surface area is 123 Å². The van der Waals surface area contributed by atoms with Gasteiger partial charge in [-0.2, -0.15) is 0 Å². The van der Waals surface area contributed by atoms with Crippen molar-refractivity contribution in [2.75, 3.05) is 13.2 Å². The highest BCUT2D eigenvalue weighted by Gasteiger charge is 2.18. The molecule has 0 spiro atoms. The summed E-state index contributed by atoms with van der Waals surface area (Å²) in [5.74, 6) is 0.850. The van der Waals surface area contributed by atoms with E-state index in [2.05, 4.69) is 20.8 Å².